The number of hydrogen-bond donors (Lipinski definition) is 0. The number of hydrogen-bond acceptors (Lipinski definition) is 6. The van der Waals surface area contributed by atoms with E-state index >= 15 is 0 Å². The average Bonchev–Trinajstić information content (AvgIpc) is 2.43. The first-order chi connectivity index (χ1) is 9.15. The largest absolute Gasteiger partial charge is 0.350 e. The van der Waals surface area contributed by atoms with Crippen LogP contribution in [0.25, 0.3) is 0 Å². The lowest BCUT2D eigenvalue weighted by Gasteiger charge is -2.36. The number of nitrogens with zero attached hydrogens (tertiary/aromatic N) is 4. The average molecular weight is 266 g/mol. The Morgan fingerprint density at radius 2 is 2.00 bits per heavy atom. The second-order valence-corrected chi connectivity index (χ2v) is 4.90. The highest BCUT2D eigenvalue weighted by molar-refractivity contribution is 5.08. The van der Waals surface area contributed by atoms with E-state index in [1.165, 1.54) is 0 Å². The van der Waals surface area contributed by atoms with Gasteiger partial charge in [-0.25, -0.2) is 9.97 Å². The molecule has 1 unspecified atom stereocenters. The molecular weight excluding hydrogens is 244 g/mol. The van der Waals surface area contributed by atoms with Gasteiger partial charge < -0.3 is 14.4 Å². The van der Waals surface area contributed by atoms with Gasteiger partial charge in [0, 0.05) is 40.1 Å². The fourth-order valence-electron chi connectivity index (χ4n) is 2.31. The molecule has 1 fully saturated rings. The van der Waals surface area contributed by atoms with Crippen LogP contribution in [0, 0.1) is 0 Å². The molecule has 2 heterocycles. The summed E-state index contributed by atoms with van der Waals surface area (Å²) in [7, 11) is 7.45. The van der Waals surface area contributed by atoms with Crippen LogP contribution in [0.4, 0.5) is 0 Å². The number of aromatic nitrogens is 2. The van der Waals surface area contributed by atoms with Crippen molar-refractivity contribution in [3.63, 3.8) is 0 Å². The summed E-state index contributed by atoms with van der Waals surface area (Å²) in [6, 6.07) is 2.04. The van der Waals surface area contributed by atoms with Crippen molar-refractivity contribution >= 4 is 0 Å². The van der Waals surface area contributed by atoms with Crippen molar-refractivity contribution < 1.29 is 9.47 Å². The molecular formula is C13H22N4O2. The van der Waals surface area contributed by atoms with Crippen molar-refractivity contribution in [2.24, 2.45) is 0 Å². The van der Waals surface area contributed by atoms with Gasteiger partial charge in [0.15, 0.2) is 0 Å². The molecule has 0 aliphatic carbocycles. The summed E-state index contributed by atoms with van der Waals surface area (Å²) in [5, 5.41) is 0. The Morgan fingerprint density at radius 3 is 2.68 bits per heavy atom. The Labute approximate surface area is 114 Å². The predicted molar refractivity (Wildman–Crippen MR) is 71.7 cm³/mol. The van der Waals surface area contributed by atoms with E-state index in [2.05, 4.69) is 33.9 Å². The lowest BCUT2D eigenvalue weighted by atomic mass is 10.1. The maximum absolute atomic E-state index is 5.24. The highest BCUT2D eigenvalue weighted by Gasteiger charge is 2.26. The summed E-state index contributed by atoms with van der Waals surface area (Å²) in [5.74, 6) is 0.825. The molecule has 1 aliphatic heterocycles. The van der Waals surface area contributed by atoms with Crippen LogP contribution in [0.2, 0.25) is 0 Å². The molecule has 0 bridgehead atoms. The van der Waals surface area contributed by atoms with Crippen molar-refractivity contribution in [2.75, 3.05) is 47.9 Å². The second kappa shape index (κ2) is 6.38. The minimum Gasteiger partial charge on any atom is -0.350 e. The highest BCUT2D eigenvalue weighted by atomic mass is 16.7. The zero-order chi connectivity index (χ0) is 13.8. The van der Waals surface area contributed by atoms with Gasteiger partial charge in [-0.1, -0.05) is 0 Å². The molecule has 0 aromatic carbocycles. The van der Waals surface area contributed by atoms with Crippen LogP contribution >= 0.6 is 0 Å². The molecule has 1 saturated heterocycles. The smallest absolute Gasteiger partial charge is 0.200 e. The number of methoxy groups -OCH3 is 2. The van der Waals surface area contributed by atoms with E-state index < -0.39 is 6.29 Å². The molecule has 0 saturated carbocycles. The third kappa shape index (κ3) is 3.27. The van der Waals surface area contributed by atoms with E-state index in [0.29, 0.717) is 0 Å². The topological polar surface area (TPSA) is 50.7 Å². The molecule has 19 heavy (non-hydrogen) atoms. The van der Waals surface area contributed by atoms with Crippen molar-refractivity contribution in [2.45, 2.75) is 12.3 Å². The van der Waals surface area contributed by atoms with Gasteiger partial charge >= 0.3 is 0 Å². The van der Waals surface area contributed by atoms with Gasteiger partial charge in [0.05, 0.1) is 11.7 Å². The molecule has 6 nitrogen and oxygen atoms in total. The monoisotopic (exact) mass is 266 g/mol. The fourth-order valence-corrected chi connectivity index (χ4v) is 2.31. The molecule has 2 rings (SSSR count). The van der Waals surface area contributed by atoms with Crippen molar-refractivity contribution in [3.05, 3.63) is 23.8 Å². The van der Waals surface area contributed by atoms with E-state index in [1.54, 1.807) is 20.4 Å². The molecule has 1 aromatic heterocycles. The Kier molecular flexibility index (Phi) is 4.81. The Balaban J connectivity index is 2.22. The summed E-state index contributed by atoms with van der Waals surface area (Å²) in [5.41, 5.74) is 0.761. The van der Waals surface area contributed by atoms with Crippen LogP contribution in [0.15, 0.2) is 12.3 Å². The van der Waals surface area contributed by atoms with Crippen molar-refractivity contribution in [3.8, 4) is 0 Å². The zero-order valence-electron chi connectivity index (χ0n) is 12.0. The van der Waals surface area contributed by atoms with E-state index in [9.17, 15) is 0 Å². The predicted octanol–water partition coefficient (Wildman–Crippen LogP) is 0.686. The minimum absolute atomic E-state index is 0.216. The molecule has 0 N–H and O–H groups in total. The van der Waals surface area contributed by atoms with Crippen LogP contribution in [-0.2, 0) is 9.47 Å². The summed E-state index contributed by atoms with van der Waals surface area (Å²) in [6.45, 7) is 3.03. The SMILES string of the molecule is COC(OC)c1ccnc(C2CN(C)CCN2C)n1. The van der Waals surface area contributed by atoms with Gasteiger partial charge in [-0.2, -0.15) is 0 Å². The minimum atomic E-state index is -0.437. The second-order valence-electron chi connectivity index (χ2n) is 4.90. The van der Waals surface area contributed by atoms with Crippen LogP contribution in [0.3, 0.4) is 0 Å². The summed E-state index contributed by atoms with van der Waals surface area (Å²) in [4.78, 5) is 13.6. The number of rotatable bonds is 4. The number of likely N-dealkylation sites (N-methyl/N-ethyl adjacent to an activating group) is 2. The number of ether oxygens (including phenoxy) is 2. The summed E-state index contributed by atoms with van der Waals surface area (Å²) < 4.78 is 10.5. The molecule has 6 heteroatoms. The Morgan fingerprint density at radius 1 is 1.26 bits per heavy atom. The van der Waals surface area contributed by atoms with Crippen molar-refractivity contribution in [1.82, 2.24) is 19.8 Å². The van der Waals surface area contributed by atoms with Gasteiger partial charge in [-0.3, -0.25) is 4.90 Å². The zero-order valence-corrected chi connectivity index (χ0v) is 12.0. The van der Waals surface area contributed by atoms with Gasteiger partial charge in [0.2, 0.25) is 6.29 Å². The van der Waals surface area contributed by atoms with Gasteiger partial charge in [-0.15, -0.1) is 0 Å². The van der Waals surface area contributed by atoms with Crippen molar-refractivity contribution in [1.29, 1.82) is 0 Å². The maximum Gasteiger partial charge on any atom is 0.200 e. The van der Waals surface area contributed by atoms with Gasteiger partial charge in [-0.05, 0) is 20.2 Å². The van der Waals surface area contributed by atoms with E-state index in [4.69, 9.17) is 9.47 Å². The Bertz CT molecular complexity index is 411. The van der Waals surface area contributed by atoms with Gasteiger partial charge in [0.25, 0.3) is 0 Å². The quantitative estimate of drug-likeness (QED) is 0.747. The molecule has 1 aliphatic rings. The van der Waals surface area contributed by atoms with E-state index in [0.717, 1.165) is 31.2 Å². The molecule has 106 valence electrons. The number of piperazine rings is 1. The van der Waals surface area contributed by atoms with Crippen LogP contribution in [0.1, 0.15) is 23.9 Å². The van der Waals surface area contributed by atoms with E-state index in [1.807, 2.05) is 6.07 Å². The summed E-state index contributed by atoms with van der Waals surface area (Å²) >= 11 is 0. The molecule has 1 atom stereocenters. The normalized spacial score (nSPS) is 22.1. The first-order valence-electron chi connectivity index (χ1n) is 6.43. The van der Waals surface area contributed by atoms with Crippen LogP contribution < -0.4 is 0 Å². The van der Waals surface area contributed by atoms with E-state index in [-0.39, 0.29) is 6.04 Å². The third-order valence-corrected chi connectivity index (χ3v) is 3.51. The lowest BCUT2D eigenvalue weighted by molar-refractivity contribution is -0.108. The first kappa shape index (κ1) is 14.3. The lowest BCUT2D eigenvalue weighted by Crippen LogP contribution is -2.45. The molecule has 0 spiro atoms. The maximum atomic E-state index is 5.24. The summed E-state index contributed by atoms with van der Waals surface area (Å²) in [6.07, 6.45) is 1.33. The first-order valence-corrected chi connectivity index (χ1v) is 6.43. The third-order valence-electron chi connectivity index (χ3n) is 3.51. The van der Waals surface area contributed by atoms with Crippen LogP contribution in [0.5, 0.6) is 0 Å². The van der Waals surface area contributed by atoms with Crippen LogP contribution in [-0.4, -0.2) is 67.7 Å². The fraction of sp³-hybridized carbons (Fsp3) is 0.692. The molecule has 0 radical (unpaired) electrons. The Hall–Kier alpha value is -1.08. The molecule has 1 aromatic rings. The standard InChI is InChI=1S/C13H22N4O2/c1-16-7-8-17(2)11(9-16)12-14-6-5-10(15-12)13(18-3)19-4/h5-6,11,13H,7-9H2,1-4H3. The van der Waals surface area contributed by atoms with Gasteiger partial charge in [0.1, 0.15) is 5.82 Å². The molecule has 0 amide bonds. The highest BCUT2D eigenvalue weighted by Crippen LogP contribution is 2.22.